The van der Waals surface area contributed by atoms with E-state index in [4.69, 9.17) is 5.84 Å². The number of hydrazine groups is 1. The second kappa shape index (κ2) is 5.45. The Morgan fingerprint density at radius 1 is 1.25 bits per heavy atom. The number of nitrogen functional groups attached to an aromatic ring is 1. The van der Waals surface area contributed by atoms with Crippen molar-refractivity contribution in [2.45, 2.75) is 6.92 Å². The van der Waals surface area contributed by atoms with Crippen LogP contribution in [0, 0.1) is 17.0 Å². The molecule has 7 heteroatoms. The Labute approximate surface area is 114 Å². The van der Waals surface area contributed by atoms with E-state index in [-0.39, 0.29) is 5.69 Å². The quantitative estimate of drug-likeness (QED) is 0.381. The molecule has 102 valence electrons. The number of carbonyl (C=O) groups is 1. The molecule has 0 spiro atoms. The van der Waals surface area contributed by atoms with Gasteiger partial charge in [0.1, 0.15) is 0 Å². The number of nitro benzene ring substituents is 1. The SMILES string of the molecule is Cc1nc(-c2ccc([N+](=O)[O-])cc2)ccc1C(=O)NN. The second-order valence-electron chi connectivity index (χ2n) is 4.11. The lowest BCUT2D eigenvalue weighted by Gasteiger charge is -2.06. The van der Waals surface area contributed by atoms with Gasteiger partial charge < -0.3 is 0 Å². The van der Waals surface area contributed by atoms with Gasteiger partial charge in [-0.05, 0) is 31.2 Å². The Bertz CT molecular complexity index is 668. The van der Waals surface area contributed by atoms with E-state index in [9.17, 15) is 14.9 Å². The predicted octanol–water partition coefficient (Wildman–Crippen LogP) is 1.57. The maximum absolute atomic E-state index is 11.5. The Balaban J connectivity index is 2.36. The molecule has 3 N–H and O–H groups in total. The minimum Gasteiger partial charge on any atom is -0.290 e. The number of amides is 1. The molecule has 0 unspecified atom stereocenters. The van der Waals surface area contributed by atoms with Crippen LogP contribution in [0.5, 0.6) is 0 Å². The third-order valence-corrected chi connectivity index (χ3v) is 2.84. The summed E-state index contributed by atoms with van der Waals surface area (Å²) in [6.07, 6.45) is 0. The van der Waals surface area contributed by atoms with Crippen molar-refractivity contribution in [2.24, 2.45) is 5.84 Å². The van der Waals surface area contributed by atoms with Crippen molar-refractivity contribution in [3.8, 4) is 11.3 Å². The largest absolute Gasteiger partial charge is 0.290 e. The fourth-order valence-corrected chi connectivity index (χ4v) is 1.79. The number of hydrogen-bond donors (Lipinski definition) is 2. The van der Waals surface area contributed by atoms with Gasteiger partial charge in [-0.3, -0.25) is 25.3 Å². The lowest BCUT2D eigenvalue weighted by molar-refractivity contribution is -0.384. The molecular formula is C13H12N4O3. The molecule has 1 aromatic heterocycles. The Hall–Kier alpha value is -2.80. The number of nitrogens with one attached hydrogen (secondary N) is 1. The number of nitro groups is 1. The lowest BCUT2D eigenvalue weighted by atomic mass is 10.1. The van der Waals surface area contributed by atoms with Gasteiger partial charge in [0.25, 0.3) is 11.6 Å². The number of nitrogens with two attached hydrogens (primary N) is 1. The zero-order valence-corrected chi connectivity index (χ0v) is 10.7. The molecule has 2 aromatic rings. The molecule has 0 radical (unpaired) electrons. The number of hydrogen-bond acceptors (Lipinski definition) is 5. The van der Waals surface area contributed by atoms with Gasteiger partial charge in [0.05, 0.1) is 21.9 Å². The van der Waals surface area contributed by atoms with E-state index >= 15 is 0 Å². The normalized spacial score (nSPS) is 10.1. The Kier molecular flexibility index (Phi) is 3.72. The van der Waals surface area contributed by atoms with Crippen LogP contribution in [0.15, 0.2) is 36.4 Å². The molecule has 0 fully saturated rings. The molecule has 0 saturated carbocycles. The van der Waals surface area contributed by atoms with E-state index in [1.165, 1.54) is 12.1 Å². The van der Waals surface area contributed by atoms with Gasteiger partial charge in [-0.25, -0.2) is 5.84 Å². The molecule has 0 aliphatic carbocycles. The molecule has 0 bridgehead atoms. The number of carbonyl (C=O) groups excluding carboxylic acids is 1. The summed E-state index contributed by atoms with van der Waals surface area (Å²) in [6.45, 7) is 1.69. The number of non-ortho nitro benzene ring substituents is 1. The van der Waals surface area contributed by atoms with Crippen LogP contribution in [-0.4, -0.2) is 15.8 Å². The number of rotatable bonds is 3. The fourth-order valence-electron chi connectivity index (χ4n) is 1.79. The van der Waals surface area contributed by atoms with Gasteiger partial charge in [0.15, 0.2) is 0 Å². The number of pyridine rings is 1. The molecular weight excluding hydrogens is 260 g/mol. The van der Waals surface area contributed by atoms with Crippen LogP contribution in [0.25, 0.3) is 11.3 Å². The maximum Gasteiger partial charge on any atom is 0.269 e. The average molecular weight is 272 g/mol. The van der Waals surface area contributed by atoms with Crippen molar-refractivity contribution in [1.82, 2.24) is 10.4 Å². The number of benzene rings is 1. The van der Waals surface area contributed by atoms with Gasteiger partial charge in [-0.1, -0.05) is 0 Å². The molecule has 0 aliphatic rings. The summed E-state index contributed by atoms with van der Waals surface area (Å²) in [5.74, 6) is 4.66. The van der Waals surface area contributed by atoms with E-state index in [1.54, 1.807) is 31.2 Å². The van der Waals surface area contributed by atoms with Crippen LogP contribution in [0.3, 0.4) is 0 Å². The number of nitrogens with zero attached hydrogens (tertiary/aromatic N) is 2. The Morgan fingerprint density at radius 3 is 2.40 bits per heavy atom. The molecule has 1 amide bonds. The maximum atomic E-state index is 11.5. The van der Waals surface area contributed by atoms with Crippen molar-refractivity contribution < 1.29 is 9.72 Å². The van der Waals surface area contributed by atoms with Crippen LogP contribution in [0.2, 0.25) is 0 Å². The first-order valence-corrected chi connectivity index (χ1v) is 5.76. The van der Waals surface area contributed by atoms with Crippen LogP contribution >= 0.6 is 0 Å². The highest BCUT2D eigenvalue weighted by molar-refractivity contribution is 5.95. The highest BCUT2D eigenvalue weighted by atomic mass is 16.6. The molecule has 7 nitrogen and oxygen atoms in total. The van der Waals surface area contributed by atoms with Crippen molar-refractivity contribution in [3.63, 3.8) is 0 Å². The summed E-state index contributed by atoms with van der Waals surface area (Å²) in [5.41, 5.74) is 4.35. The summed E-state index contributed by atoms with van der Waals surface area (Å²) in [4.78, 5) is 25.9. The summed E-state index contributed by atoms with van der Waals surface area (Å²) < 4.78 is 0. The van der Waals surface area contributed by atoms with Crippen LogP contribution in [-0.2, 0) is 0 Å². The third-order valence-electron chi connectivity index (χ3n) is 2.84. The topological polar surface area (TPSA) is 111 Å². The van der Waals surface area contributed by atoms with Gasteiger partial charge >= 0.3 is 0 Å². The summed E-state index contributed by atoms with van der Waals surface area (Å²) in [6, 6.07) is 9.32. The summed E-state index contributed by atoms with van der Waals surface area (Å²) in [7, 11) is 0. The zero-order valence-electron chi connectivity index (χ0n) is 10.7. The number of aromatic nitrogens is 1. The lowest BCUT2D eigenvalue weighted by Crippen LogP contribution is -2.30. The van der Waals surface area contributed by atoms with Crippen LogP contribution in [0.4, 0.5) is 5.69 Å². The highest BCUT2D eigenvalue weighted by Gasteiger charge is 2.11. The molecule has 1 heterocycles. The standard InChI is InChI=1S/C13H12N4O3/c1-8-11(13(18)16-14)6-7-12(15-8)9-2-4-10(5-3-9)17(19)20/h2-7H,14H2,1H3,(H,16,18). The minimum absolute atomic E-state index is 0.0181. The van der Waals surface area contributed by atoms with Crippen LogP contribution in [0.1, 0.15) is 16.1 Å². The van der Waals surface area contributed by atoms with Gasteiger partial charge in [-0.15, -0.1) is 0 Å². The number of aryl methyl sites for hydroxylation is 1. The first-order chi connectivity index (χ1) is 9.52. The fraction of sp³-hybridized carbons (Fsp3) is 0.0769. The van der Waals surface area contributed by atoms with Gasteiger partial charge in [0, 0.05) is 17.7 Å². The van der Waals surface area contributed by atoms with Crippen molar-refractivity contribution >= 4 is 11.6 Å². The predicted molar refractivity (Wildman–Crippen MR) is 72.7 cm³/mol. The monoisotopic (exact) mass is 272 g/mol. The molecule has 2 rings (SSSR count). The molecule has 0 atom stereocenters. The van der Waals surface area contributed by atoms with Crippen molar-refractivity contribution in [3.05, 3.63) is 57.8 Å². The average Bonchev–Trinajstić information content (AvgIpc) is 2.46. The van der Waals surface area contributed by atoms with Gasteiger partial charge in [0.2, 0.25) is 0 Å². The molecule has 20 heavy (non-hydrogen) atoms. The van der Waals surface area contributed by atoms with E-state index in [0.29, 0.717) is 17.0 Å². The van der Waals surface area contributed by atoms with E-state index in [2.05, 4.69) is 4.98 Å². The summed E-state index contributed by atoms with van der Waals surface area (Å²) in [5, 5.41) is 10.6. The smallest absolute Gasteiger partial charge is 0.269 e. The second-order valence-corrected chi connectivity index (χ2v) is 4.11. The van der Waals surface area contributed by atoms with E-state index in [1.807, 2.05) is 5.43 Å². The summed E-state index contributed by atoms with van der Waals surface area (Å²) >= 11 is 0. The molecule has 0 aliphatic heterocycles. The van der Waals surface area contributed by atoms with Gasteiger partial charge in [-0.2, -0.15) is 0 Å². The first-order valence-electron chi connectivity index (χ1n) is 5.76. The third kappa shape index (κ3) is 2.62. The van der Waals surface area contributed by atoms with E-state index in [0.717, 1.165) is 5.56 Å². The van der Waals surface area contributed by atoms with Crippen LogP contribution < -0.4 is 11.3 Å². The Morgan fingerprint density at radius 2 is 1.90 bits per heavy atom. The highest BCUT2D eigenvalue weighted by Crippen LogP contribution is 2.21. The van der Waals surface area contributed by atoms with Crippen molar-refractivity contribution in [1.29, 1.82) is 0 Å². The first kappa shape index (κ1) is 13.6. The van der Waals surface area contributed by atoms with E-state index < -0.39 is 10.8 Å². The minimum atomic E-state index is -0.461. The van der Waals surface area contributed by atoms with Crippen molar-refractivity contribution in [2.75, 3.05) is 0 Å². The molecule has 0 saturated heterocycles. The molecule has 1 aromatic carbocycles. The zero-order chi connectivity index (χ0) is 14.7.